The molecule has 2 heterocycles. The highest BCUT2D eigenvalue weighted by Gasteiger charge is 2.15. The Bertz CT molecular complexity index is 1070. The number of nitrogens with one attached hydrogen (secondary N) is 1. The lowest BCUT2D eigenvalue weighted by Crippen LogP contribution is -2.24. The van der Waals surface area contributed by atoms with Crippen molar-refractivity contribution in [3.63, 3.8) is 0 Å². The van der Waals surface area contributed by atoms with Gasteiger partial charge in [-0.05, 0) is 24.3 Å². The van der Waals surface area contributed by atoms with Gasteiger partial charge >= 0.3 is 0 Å². The van der Waals surface area contributed by atoms with Crippen LogP contribution in [0.4, 0.5) is 8.78 Å². The van der Waals surface area contributed by atoms with E-state index in [1.54, 1.807) is 6.07 Å². The molecule has 4 rings (SSSR count). The van der Waals surface area contributed by atoms with Gasteiger partial charge in [0.1, 0.15) is 22.9 Å². The lowest BCUT2D eigenvalue weighted by Gasteiger charge is -2.04. The molecule has 1 amide bonds. The Morgan fingerprint density at radius 1 is 1.04 bits per heavy atom. The summed E-state index contributed by atoms with van der Waals surface area (Å²) < 4.78 is 37.4. The summed E-state index contributed by atoms with van der Waals surface area (Å²) in [6.45, 7) is 0.0272. The quantitative estimate of drug-likeness (QED) is 0.593. The maximum absolute atomic E-state index is 13.6. The van der Waals surface area contributed by atoms with Crippen LogP contribution in [0.15, 0.2) is 63.5 Å². The van der Waals surface area contributed by atoms with Gasteiger partial charge in [0.25, 0.3) is 5.91 Å². The van der Waals surface area contributed by atoms with Gasteiger partial charge in [-0.1, -0.05) is 23.4 Å². The van der Waals surface area contributed by atoms with E-state index in [2.05, 4.69) is 10.5 Å². The maximum atomic E-state index is 13.6. The molecule has 0 radical (unpaired) electrons. The van der Waals surface area contributed by atoms with E-state index in [0.29, 0.717) is 23.3 Å². The number of hydrogen-bond donors (Lipinski definition) is 1. The van der Waals surface area contributed by atoms with Crippen LogP contribution in [0.5, 0.6) is 0 Å². The molecule has 0 saturated heterocycles. The monoisotopic (exact) mass is 354 g/mol. The largest absolute Gasteiger partial charge is 0.453 e. The molecule has 2 aromatic heterocycles. The zero-order chi connectivity index (χ0) is 18.1. The number of fused-ring (bicyclic) bond motifs is 1. The van der Waals surface area contributed by atoms with Crippen molar-refractivity contribution in [2.24, 2.45) is 0 Å². The Hall–Kier alpha value is -3.48. The number of amides is 1. The first-order valence-corrected chi connectivity index (χ1v) is 7.78. The van der Waals surface area contributed by atoms with Crippen molar-refractivity contribution in [2.75, 3.05) is 0 Å². The van der Waals surface area contributed by atoms with Crippen LogP contribution in [0.2, 0.25) is 0 Å². The van der Waals surface area contributed by atoms with Crippen molar-refractivity contribution in [3.8, 4) is 11.5 Å². The Morgan fingerprint density at radius 3 is 2.69 bits per heavy atom. The molecule has 2 aromatic carbocycles. The average Bonchev–Trinajstić information content (AvgIpc) is 3.26. The topological polar surface area (TPSA) is 68.3 Å². The van der Waals surface area contributed by atoms with Crippen molar-refractivity contribution in [2.45, 2.75) is 6.54 Å². The second kappa shape index (κ2) is 6.44. The summed E-state index contributed by atoms with van der Waals surface area (Å²) in [7, 11) is 0. The van der Waals surface area contributed by atoms with Crippen LogP contribution in [0.25, 0.3) is 22.5 Å². The van der Waals surface area contributed by atoms with Crippen LogP contribution in [0, 0.1) is 11.6 Å². The maximum Gasteiger partial charge on any atom is 0.254 e. The van der Waals surface area contributed by atoms with E-state index in [1.807, 2.05) is 30.3 Å². The van der Waals surface area contributed by atoms with Crippen molar-refractivity contribution in [1.29, 1.82) is 0 Å². The third-order valence-electron chi connectivity index (χ3n) is 3.83. The molecule has 0 aliphatic heterocycles. The molecule has 0 unspecified atom stereocenters. The number of carbonyl (C=O) groups is 1. The van der Waals surface area contributed by atoms with Gasteiger partial charge in [0, 0.05) is 17.5 Å². The SMILES string of the molecule is O=C(NCc1cc(-c2cc3ccccc3o2)on1)c1ccc(F)cc1F. The van der Waals surface area contributed by atoms with E-state index in [-0.39, 0.29) is 12.1 Å². The van der Waals surface area contributed by atoms with Crippen molar-refractivity contribution >= 4 is 16.9 Å². The van der Waals surface area contributed by atoms with Crippen LogP contribution in [-0.2, 0) is 6.54 Å². The van der Waals surface area contributed by atoms with E-state index in [4.69, 9.17) is 8.94 Å². The van der Waals surface area contributed by atoms with Gasteiger partial charge in [-0.25, -0.2) is 8.78 Å². The average molecular weight is 354 g/mol. The number of benzene rings is 2. The molecule has 0 bridgehead atoms. The Kier molecular flexibility index (Phi) is 3.96. The van der Waals surface area contributed by atoms with Gasteiger partial charge < -0.3 is 14.3 Å². The molecule has 130 valence electrons. The number of halogens is 2. The van der Waals surface area contributed by atoms with Crippen LogP contribution in [0.1, 0.15) is 16.1 Å². The summed E-state index contributed by atoms with van der Waals surface area (Å²) in [5.41, 5.74) is 0.921. The molecule has 26 heavy (non-hydrogen) atoms. The molecule has 0 aliphatic rings. The highest BCUT2D eigenvalue weighted by Crippen LogP contribution is 2.28. The van der Waals surface area contributed by atoms with Crippen LogP contribution in [0.3, 0.4) is 0 Å². The first kappa shape index (κ1) is 16.0. The summed E-state index contributed by atoms with van der Waals surface area (Å²) in [4.78, 5) is 12.0. The molecule has 0 fully saturated rings. The van der Waals surface area contributed by atoms with Gasteiger partial charge in [-0.3, -0.25) is 4.79 Å². The number of para-hydroxylation sites is 1. The van der Waals surface area contributed by atoms with Crippen molar-refractivity contribution < 1.29 is 22.5 Å². The third kappa shape index (κ3) is 3.06. The summed E-state index contributed by atoms with van der Waals surface area (Å²) in [5.74, 6) is -1.41. The lowest BCUT2D eigenvalue weighted by atomic mass is 10.2. The first-order chi connectivity index (χ1) is 12.6. The lowest BCUT2D eigenvalue weighted by molar-refractivity contribution is 0.0946. The van der Waals surface area contributed by atoms with E-state index < -0.39 is 17.5 Å². The fraction of sp³-hybridized carbons (Fsp3) is 0.0526. The van der Waals surface area contributed by atoms with Gasteiger partial charge in [0.2, 0.25) is 5.76 Å². The molecule has 1 N–H and O–H groups in total. The number of nitrogens with zero attached hydrogens (tertiary/aromatic N) is 1. The molecule has 7 heteroatoms. The van der Waals surface area contributed by atoms with Gasteiger partial charge in [-0.15, -0.1) is 0 Å². The minimum absolute atomic E-state index is 0.0272. The molecule has 0 saturated carbocycles. The van der Waals surface area contributed by atoms with Gasteiger partial charge in [0.15, 0.2) is 5.76 Å². The molecular weight excluding hydrogens is 342 g/mol. The van der Waals surface area contributed by atoms with E-state index >= 15 is 0 Å². The number of aromatic nitrogens is 1. The fourth-order valence-corrected chi connectivity index (χ4v) is 2.55. The van der Waals surface area contributed by atoms with Crippen LogP contribution in [-0.4, -0.2) is 11.1 Å². The molecule has 5 nitrogen and oxygen atoms in total. The zero-order valence-corrected chi connectivity index (χ0v) is 13.3. The molecular formula is C19H12F2N2O3. The highest BCUT2D eigenvalue weighted by molar-refractivity contribution is 5.94. The normalized spacial score (nSPS) is 11.0. The minimum Gasteiger partial charge on any atom is -0.453 e. The Morgan fingerprint density at radius 2 is 1.88 bits per heavy atom. The molecule has 0 atom stereocenters. The summed E-state index contributed by atoms with van der Waals surface area (Å²) in [6.07, 6.45) is 0. The fourth-order valence-electron chi connectivity index (χ4n) is 2.55. The smallest absolute Gasteiger partial charge is 0.254 e. The highest BCUT2D eigenvalue weighted by atomic mass is 19.1. The predicted octanol–water partition coefficient (Wildman–Crippen LogP) is 4.30. The number of rotatable bonds is 4. The van der Waals surface area contributed by atoms with Crippen LogP contribution >= 0.6 is 0 Å². The third-order valence-corrected chi connectivity index (χ3v) is 3.83. The van der Waals surface area contributed by atoms with Gasteiger partial charge in [-0.2, -0.15) is 0 Å². The Balaban J connectivity index is 1.47. The zero-order valence-electron chi connectivity index (χ0n) is 13.3. The van der Waals surface area contributed by atoms with E-state index in [1.165, 1.54) is 0 Å². The summed E-state index contributed by atoms with van der Waals surface area (Å²) >= 11 is 0. The molecule has 4 aromatic rings. The van der Waals surface area contributed by atoms with E-state index in [0.717, 1.165) is 23.1 Å². The standard InChI is InChI=1S/C19H12F2N2O3/c20-12-5-6-14(15(21)8-12)19(24)22-10-13-9-18(26-23-13)17-7-11-3-1-2-4-16(11)25-17/h1-9H,10H2,(H,22,24). The van der Waals surface area contributed by atoms with Crippen molar-refractivity contribution in [1.82, 2.24) is 10.5 Å². The molecule has 0 aliphatic carbocycles. The second-order valence-electron chi connectivity index (χ2n) is 5.64. The van der Waals surface area contributed by atoms with Gasteiger partial charge in [0.05, 0.1) is 12.1 Å². The Labute approximate surface area is 146 Å². The number of carbonyl (C=O) groups excluding carboxylic acids is 1. The second-order valence-corrected chi connectivity index (χ2v) is 5.64. The molecule has 0 spiro atoms. The minimum atomic E-state index is -0.925. The predicted molar refractivity (Wildman–Crippen MR) is 89.2 cm³/mol. The number of furan rings is 1. The summed E-state index contributed by atoms with van der Waals surface area (Å²) in [5, 5.41) is 7.30. The van der Waals surface area contributed by atoms with Crippen LogP contribution < -0.4 is 5.32 Å². The first-order valence-electron chi connectivity index (χ1n) is 7.78. The van der Waals surface area contributed by atoms with E-state index in [9.17, 15) is 13.6 Å². The number of hydrogen-bond acceptors (Lipinski definition) is 4. The summed E-state index contributed by atoms with van der Waals surface area (Å²) in [6, 6.07) is 13.7. The van der Waals surface area contributed by atoms with Crippen molar-refractivity contribution in [3.05, 3.63) is 77.5 Å².